The van der Waals surface area contributed by atoms with E-state index < -0.39 is 11.1 Å². The second-order valence-electron chi connectivity index (χ2n) is 11.8. The number of nitrogens with one attached hydrogen (secondary N) is 3. The number of aromatic nitrogens is 2. The lowest BCUT2D eigenvalue weighted by Crippen LogP contribution is -2.42. The molecule has 4 unspecified atom stereocenters. The number of hydrogen-bond acceptors (Lipinski definition) is 5. The molecule has 216 valence electrons. The Morgan fingerprint density at radius 1 is 1.22 bits per heavy atom. The number of carbonyl (C=O) groups is 1. The van der Waals surface area contributed by atoms with Crippen molar-refractivity contribution in [2.75, 3.05) is 19.6 Å². The van der Waals surface area contributed by atoms with Gasteiger partial charge in [0.2, 0.25) is 5.91 Å². The van der Waals surface area contributed by atoms with Crippen LogP contribution in [0.2, 0.25) is 0 Å². The number of H-pyrrole nitrogens is 1. The molecule has 7 rings (SSSR count). The van der Waals surface area contributed by atoms with Crippen LogP contribution >= 0.6 is 0 Å². The number of aromatic amines is 1. The largest absolute Gasteiger partial charge is 0.387 e. The fourth-order valence-electron chi connectivity index (χ4n) is 6.59. The number of halogens is 1. The highest BCUT2D eigenvalue weighted by molar-refractivity contribution is 5.94. The Morgan fingerprint density at radius 2 is 2.05 bits per heavy atom. The van der Waals surface area contributed by atoms with Crippen molar-refractivity contribution >= 4 is 22.4 Å². The topological polar surface area (TPSA) is 97.8 Å². The van der Waals surface area contributed by atoms with Crippen LogP contribution in [0.3, 0.4) is 0 Å². The molecular weight excluding hydrogens is 517 g/mol. The van der Waals surface area contributed by atoms with Crippen LogP contribution in [0.25, 0.3) is 16.5 Å². The number of benzene rings is 1. The Morgan fingerprint density at radius 3 is 2.80 bits per heavy atom. The van der Waals surface area contributed by atoms with Crippen LogP contribution in [-0.4, -0.2) is 52.3 Å². The van der Waals surface area contributed by atoms with Gasteiger partial charge >= 0.3 is 0 Å². The molecule has 3 heterocycles. The highest BCUT2D eigenvalue weighted by Crippen LogP contribution is 2.63. The molecule has 5 aliphatic rings. The minimum Gasteiger partial charge on any atom is -0.387 e. The maximum Gasteiger partial charge on any atom is 0.236 e. The van der Waals surface area contributed by atoms with Crippen molar-refractivity contribution in [2.24, 2.45) is 21.7 Å². The molecule has 3 N–H and O–H groups in total. The summed E-state index contributed by atoms with van der Waals surface area (Å²) in [5, 5.41) is 21.2. The van der Waals surface area contributed by atoms with Gasteiger partial charge in [0.1, 0.15) is 11.1 Å². The zero-order valence-electron chi connectivity index (χ0n) is 24.2. The van der Waals surface area contributed by atoms with E-state index >= 15 is 4.39 Å². The molecule has 1 aromatic carbocycles. The number of alkyl halides is 1. The molecule has 2 aliphatic heterocycles. The zero-order chi connectivity index (χ0) is 28.7. The number of allylic oxidation sites excluding steroid dienone is 5. The average Bonchev–Trinajstić information content (AvgIpc) is 3.83. The summed E-state index contributed by atoms with van der Waals surface area (Å²) in [4.78, 5) is 15.2. The van der Waals surface area contributed by atoms with Gasteiger partial charge < -0.3 is 10.2 Å². The molecule has 41 heavy (non-hydrogen) atoms. The van der Waals surface area contributed by atoms with Gasteiger partial charge in [-0.25, -0.2) is 4.39 Å². The molecule has 2 saturated carbocycles. The maximum absolute atomic E-state index is 15.1. The van der Waals surface area contributed by atoms with E-state index in [9.17, 15) is 4.79 Å². The maximum atomic E-state index is 15.1. The first-order valence-electron chi connectivity index (χ1n) is 15.1. The van der Waals surface area contributed by atoms with Gasteiger partial charge in [-0.05, 0) is 67.6 Å². The Kier molecular flexibility index (Phi) is 7.08. The van der Waals surface area contributed by atoms with Gasteiger partial charge in [0, 0.05) is 37.0 Å². The van der Waals surface area contributed by atoms with Crippen molar-refractivity contribution in [2.45, 2.75) is 70.1 Å². The van der Waals surface area contributed by atoms with E-state index in [0.29, 0.717) is 19.0 Å². The van der Waals surface area contributed by atoms with E-state index in [1.54, 1.807) is 18.2 Å². The molecule has 0 radical (unpaired) electrons. The van der Waals surface area contributed by atoms with Gasteiger partial charge in [0.05, 0.1) is 22.8 Å². The Balaban J connectivity index is 0.00000148. The van der Waals surface area contributed by atoms with E-state index in [1.165, 1.54) is 11.6 Å². The summed E-state index contributed by atoms with van der Waals surface area (Å²) in [6, 6.07) is 6.33. The van der Waals surface area contributed by atoms with Crippen LogP contribution < -0.4 is 10.7 Å². The number of hydrogen-bond donors (Lipinski definition) is 3. The molecule has 8 nitrogen and oxygen atoms in total. The summed E-state index contributed by atoms with van der Waals surface area (Å²) in [6.45, 7) is 8.13. The SMILES string of the molecule is CC.CC1CC1(NN=N[C@@H]1CCCCN(C(=O)C23C=CC=CC2(F)C3)C1)c1ccc2[nH]nc(C3=CCNC=C3)c2c1. The standard InChI is InChI=1S/C30H34FN7O.C2H6/c1-20-17-30(20,22-7-8-25-24(16-22)26(35-34-25)21-9-13-32-14-10-21)36-37-33-23-6-2-5-15-38(18-23)27(39)28-11-3-4-12-29(28,31)19-28;1-2/h3-4,7-13,16,20,23,32H,2,5-6,14-15,17-19H2,1H3,(H,33,36)(H,34,35);1-2H3/t20?,23-,28?,29?,30?;/m1./s1. The van der Waals surface area contributed by atoms with Crippen LogP contribution in [0.4, 0.5) is 4.39 Å². The summed E-state index contributed by atoms with van der Waals surface area (Å²) in [5.41, 5.74) is 4.80. The third-order valence-corrected chi connectivity index (χ3v) is 9.27. The fourth-order valence-corrected chi connectivity index (χ4v) is 6.59. The first-order valence-corrected chi connectivity index (χ1v) is 15.1. The third-order valence-electron chi connectivity index (χ3n) is 9.27. The lowest BCUT2D eigenvalue weighted by atomic mass is 9.96. The number of dihydropyridines is 1. The first kappa shape index (κ1) is 27.4. The van der Waals surface area contributed by atoms with Gasteiger partial charge in [0.25, 0.3) is 0 Å². The summed E-state index contributed by atoms with van der Waals surface area (Å²) in [7, 11) is 0. The summed E-state index contributed by atoms with van der Waals surface area (Å²) < 4.78 is 15.1. The number of fused-ring (bicyclic) bond motifs is 2. The lowest BCUT2D eigenvalue weighted by Gasteiger charge is -2.27. The lowest BCUT2D eigenvalue weighted by molar-refractivity contribution is -0.136. The van der Waals surface area contributed by atoms with Crippen molar-refractivity contribution in [3.05, 3.63) is 72.1 Å². The van der Waals surface area contributed by atoms with Gasteiger partial charge in [0.15, 0.2) is 0 Å². The van der Waals surface area contributed by atoms with Crippen molar-refractivity contribution in [3.63, 3.8) is 0 Å². The molecule has 9 heteroatoms. The van der Waals surface area contributed by atoms with Crippen molar-refractivity contribution in [1.29, 1.82) is 0 Å². The van der Waals surface area contributed by atoms with E-state index in [-0.39, 0.29) is 23.9 Å². The minimum atomic E-state index is -1.53. The summed E-state index contributed by atoms with van der Waals surface area (Å²) in [6.07, 6.45) is 16.9. The van der Waals surface area contributed by atoms with Crippen molar-refractivity contribution < 1.29 is 9.18 Å². The third kappa shape index (κ3) is 4.69. The number of carbonyl (C=O) groups excluding carboxylic acids is 1. The fraction of sp³-hybridized carbons (Fsp3) is 0.500. The molecule has 3 fully saturated rings. The first-order chi connectivity index (χ1) is 19.9. The minimum absolute atomic E-state index is 0.107. The van der Waals surface area contributed by atoms with Gasteiger partial charge in [-0.1, -0.05) is 56.4 Å². The molecule has 5 atom stereocenters. The van der Waals surface area contributed by atoms with Crippen molar-refractivity contribution in [1.82, 2.24) is 25.8 Å². The average molecular weight is 558 g/mol. The predicted octanol–water partition coefficient (Wildman–Crippen LogP) is 5.89. The molecule has 3 aliphatic carbocycles. The monoisotopic (exact) mass is 557 g/mol. The normalized spacial score (nSPS) is 33.4. The van der Waals surface area contributed by atoms with E-state index in [0.717, 1.165) is 54.4 Å². The molecule has 1 saturated heterocycles. The van der Waals surface area contributed by atoms with Crippen LogP contribution in [0.5, 0.6) is 0 Å². The molecule has 2 aromatic rings. The number of nitrogens with zero attached hydrogens (tertiary/aromatic N) is 4. The van der Waals surface area contributed by atoms with E-state index in [4.69, 9.17) is 0 Å². The number of rotatable bonds is 6. The van der Waals surface area contributed by atoms with Crippen LogP contribution in [0.15, 0.2) is 71.2 Å². The second kappa shape index (κ2) is 10.6. The highest BCUT2D eigenvalue weighted by atomic mass is 19.1. The van der Waals surface area contributed by atoms with Crippen LogP contribution in [-0.2, 0) is 10.3 Å². The van der Waals surface area contributed by atoms with E-state index in [1.807, 2.05) is 31.0 Å². The highest BCUT2D eigenvalue weighted by Gasteiger charge is 2.72. The molecule has 0 spiro atoms. The predicted molar refractivity (Wildman–Crippen MR) is 159 cm³/mol. The summed E-state index contributed by atoms with van der Waals surface area (Å²) in [5.74, 6) is 0.295. The van der Waals surface area contributed by atoms with Crippen LogP contribution in [0, 0.1) is 11.3 Å². The Hall–Kier alpha value is -3.75. The van der Waals surface area contributed by atoms with Gasteiger partial charge in [-0.3, -0.25) is 15.3 Å². The summed E-state index contributed by atoms with van der Waals surface area (Å²) >= 11 is 0. The smallest absolute Gasteiger partial charge is 0.236 e. The van der Waals surface area contributed by atoms with Crippen molar-refractivity contribution in [3.8, 4) is 0 Å². The Bertz CT molecular complexity index is 1470. The van der Waals surface area contributed by atoms with E-state index in [2.05, 4.69) is 62.5 Å². The van der Waals surface area contributed by atoms with Gasteiger partial charge in [-0.2, -0.15) is 10.2 Å². The molecule has 0 bridgehead atoms. The quantitative estimate of drug-likeness (QED) is 0.305. The molecule has 1 aromatic heterocycles. The Labute approximate surface area is 240 Å². The zero-order valence-corrected chi connectivity index (χ0v) is 24.2. The van der Waals surface area contributed by atoms with Gasteiger partial charge in [-0.15, -0.1) is 0 Å². The number of likely N-dealkylation sites (tertiary alicyclic amines) is 1. The number of amides is 1. The molecular formula is C32H40FN7O. The van der Waals surface area contributed by atoms with Crippen LogP contribution in [0.1, 0.15) is 64.1 Å². The molecule has 1 amide bonds. The second-order valence-corrected chi connectivity index (χ2v) is 11.8.